The van der Waals surface area contributed by atoms with Crippen molar-refractivity contribution in [2.75, 3.05) is 13.7 Å². The second-order valence-corrected chi connectivity index (χ2v) is 9.94. The highest BCUT2D eigenvalue weighted by Crippen LogP contribution is 2.31. The lowest BCUT2D eigenvalue weighted by Crippen LogP contribution is -2.55. The Bertz CT molecular complexity index is 1310. The molecule has 0 spiro atoms. The second kappa shape index (κ2) is 12.9. The molecular weight excluding hydrogens is 505 g/mol. The van der Waals surface area contributed by atoms with Crippen molar-refractivity contribution in [2.24, 2.45) is 0 Å². The van der Waals surface area contributed by atoms with Gasteiger partial charge in [0.2, 0.25) is 11.7 Å². The van der Waals surface area contributed by atoms with E-state index in [1.165, 1.54) is 36.3 Å². The summed E-state index contributed by atoms with van der Waals surface area (Å²) in [5.74, 6) is -1.34. The van der Waals surface area contributed by atoms with Crippen molar-refractivity contribution in [1.82, 2.24) is 10.2 Å². The van der Waals surface area contributed by atoms with Crippen LogP contribution in [-0.4, -0.2) is 46.9 Å². The van der Waals surface area contributed by atoms with E-state index in [0.717, 1.165) is 5.56 Å². The predicted molar refractivity (Wildman–Crippen MR) is 144 cm³/mol. The van der Waals surface area contributed by atoms with Crippen molar-refractivity contribution in [3.63, 3.8) is 0 Å². The van der Waals surface area contributed by atoms with Gasteiger partial charge >= 0.3 is 5.69 Å². The number of rotatable bonds is 11. The molecule has 0 aliphatic rings. The highest BCUT2D eigenvalue weighted by atomic mass is 19.1. The SMILES string of the molecule is COc1cc(OCC(=O)N(Cc2ccccc2F)[C@@H](Cc2ccccc2)C(=O)NC(C)(C)C)ccc1[N+](=O)[O-]. The van der Waals surface area contributed by atoms with Crippen LogP contribution >= 0.6 is 0 Å². The third-order valence-corrected chi connectivity index (χ3v) is 5.78. The number of methoxy groups -OCH3 is 1. The molecule has 3 rings (SSSR count). The smallest absolute Gasteiger partial charge is 0.311 e. The van der Waals surface area contributed by atoms with E-state index in [1.807, 2.05) is 51.1 Å². The van der Waals surface area contributed by atoms with Gasteiger partial charge in [0.15, 0.2) is 6.61 Å². The molecule has 0 heterocycles. The third-order valence-electron chi connectivity index (χ3n) is 5.78. The highest BCUT2D eigenvalue weighted by Gasteiger charge is 2.33. The minimum Gasteiger partial charge on any atom is -0.490 e. The lowest BCUT2D eigenvalue weighted by atomic mass is 10.0. The molecule has 0 aliphatic heterocycles. The first-order valence-electron chi connectivity index (χ1n) is 12.3. The Morgan fingerprint density at radius 2 is 1.72 bits per heavy atom. The Morgan fingerprint density at radius 1 is 1.05 bits per heavy atom. The fourth-order valence-electron chi connectivity index (χ4n) is 3.94. The monoisotopic (exact) mass is 537 g/mol. The second-order valence-electron chi connectivity index (χ2n) is 9.94. The minimum absolute atomic E-state index is 0.0281. The fourth-order valence-corrected chi connectivity index (χ4v) is 3.94. The zero-order valence-electron chi connectivity index (χ0n) is 22.3. The summed E-state index contributed by atoms with van der Waals surface area (Å²) in [6, 6.07) is 18.2. The number of nitrogens with zero attached hydrogens (tertiary/aromatic N) is 2. The molecule has 3 aromatic carbocycles. The van der Waals surface area contributed by atoms with E-state index in [1.54, 1.807) is 18.2 Å². The van der Waals surface area contributed by atoms with E-state index in [9.17, 15) is 24.1 Å². The van der Waals surface area contributed by atoms with Crippen LogP contribution in [0.2, 0.25) is 0 Å². The van der Waals surface area contributed by atoms with Crippen LogP contribution in [0.1, 0.15) is 31.9 Å². The quantitative estimate of drug-likeness (QED) is 0.281. The molecule has 1 N–H and O–H groups in total. The van der Waals surface area contributed by atoms with Gasteiger partial charge in [-0.15, -0.1) is 0 Å². The average Bonchev–Trinajstić information content (AvgIpc) is 2.89. The number of ether oxygens (including phenoxy) is 2. The van der Waals surface area contributed by atoms with Crippen molar-refractivity contribution < 1.29 is 28.4 Å². The first-order valence-corrected chi connectivity index (χ1v) is 12.3. The van der Waals surface area contributed by atoms with Crippen LogP contribution in [0.3, 0.4) is 0 Å². The fraction of sp³-hybridized carbons (Fsp3) is 0.310. The van der Waals surface area contributed by atoms with Crippen molar-refractivity contribution in [1.29, 1.82) is 0 Å². The van der Waals surface area contributed by atoms with Gasteiger partial charge < -0.3 is 19.7 Å². The summed E-state index contributed by atoms with van der Waals surface area (Å²) in [7, 11) is 1.29. The molecule has 3 aromatic rings. The number of hydrogen-bond acceptors (Lipinski definition) is 6. The topological polar surface area (TPSA) is 111 Å². The summed E-state index contributed by atoms with van der Waals surface area (Å²) in [6.07, 6.45) is 0.189. The van der Waals surface area contributed by atoms with Crippen molar-refractivity contribution in [3.8, 4) is 11.5 Å². The van der Waals surface area contributed by atoms with Gasteiger partial charge in [-0.1, -0.05) is 48.5 Å². The van der Waals surface area contributed by atoms with E-state index < -0.39 is 40.7 Å². The van der Waals surface area contributed by atoms with E-state index in [-0.39, 0.29) is 35.7 Å². The van der Waals surface area contributed by atoms with Gasteiger partial charge in [-0.2, -0.15) is 0 Å². The number of halogens is 1. The standard InChI is InChI=1S/C29H32FN3O6/c1-29(2,3)31-28(35)25(16-20-10-6-5-7-11-20)32(18-21-12-8-9-13-23(21)30)27(34)19-39-22-14-15-24(33(36)37)26(17-22)38-4/h5-15,17,25H,16,18-19H2,1-4H3,(H,31,35)/t25-/m0/s1. The molecular formula is C29H32FN3O6. The molecule has 0 bridgehead atoms. The summed E-state index contributed by atoms with van der Waals surface area (Å²) in [6.45, 7) is 4.83. The summed E-state index contributed by atoms with van der Waals surface area (Å²) < 4.78 is 25.4. The molecule has 1 atom stereocenters. The molecule has 39 heavy (non-hydrogen) atoms. The Morgan fingerprint density at radius 3 is 2.33 bits per heavy atom. The van der Waals surface area contributed by atoms with Crippen LogP contribution in [0.25, 0.3) is 0 Å². The van der Waals surface area contributed by atoms with Crippen molar-refractivity contribution in [2.45, 2.75) is 45.3 Å². The molecule has 0 saturated heterocycles. The van der Waals surface area contributed by atoms with E-state index in [4.69, 9.17) is 9.47 Å². The van der Waals surface area contributed by atoms with E-state index in [2.05, 4.69) is 5.32 Å². The number of carbonyl (C=O) groups excluding carboxylic acids is 2. The Hall–Kier alpha value is -4.47. The van der Waals surface area contributed by atoms with Gasteiger partial charge in [-0.05, 0) is 38.5 Å². The van der Waals surface area contributed by atoms with Gasteiger partial charge in [-0.3, -0.25) is 19.7 Å². The number of benzene rings is 3. The predicted octanol–water partition coefficient (Wildman–Crippen LogP) is 4.68. The number of amides is 2. The Balaban J connectivity index is 1.94. The van der Waals surface area contributed by atoms with Crippen LogP contribution in [0, 0.1) is 15.9 Å². The van der Waals surface area contributed by atoms with E-state index in [0.29, 0.717) is 0 Å². The lowest BCUT2D eigenvalue weighted by molar-refractivity contribution is -0.385. The molecule has 206 valence electrons. The number of hydrogen-bond donors (Lipinski definition) is 1. The maximum Gasteiger partial charge on any atom is 0.311 e. The molecule has 0 saturated carbocycles. The number of nitro groups is 1. The van der Waals surface area contributed by atoms with Crippen LogP contribution in [-0.2, 0) is 22.6 Å². The highest BCUT2D eigenvalue weighted by molar-refractivity contribution is 5.89. The Kier molecular flexibility index (Phi) is 9.59. The maximum absolute atomic E-state index is 14.7. The van der Waals surface area contributed by atoms with Crippen LogP contribution in [0.4, 0.5) is 10.1 Å². The average molecular weight is 538 g/mol. The van der Waals surface area contributed by atoms with Gasteiger partial charge in [0, 0.05) is 36.2 Å². The molecule has 0 fully saturated rings. The van der Waals surface area contributed by atoms with Gasteiger partial charge in [0.25, 0.3) is 5.91 Å². The molecule has 0 unspecified atom stereocenters. The minimum atomic E-state index is -0.978. The van der Waals surface area contributed by atoms with Crippen LogP contribution in [0.15, 0.2) is 72.8 Å². The summed E-state index contributed by atoms with van der Waals surface area (Å²) in [5.41, 5.74) is 0.229. The zero-order valence-corrected chi connectivity index (χ0v) is 22.3. The largest absolute Gasteiger partial charge is 0.490 e. The molecule has 0 aliphatic carbocycles. The molecule has 9 nitrogen and oxygen atoms in total. The van der Waals surface area contributed by atoms with Crippen molar-refractivity contribution in [3.05, 3.63) is 99.9 Å². The van der Waals surface area contributed by atoms with Crippen LogP contribution in [0.5, 0.6) is 11.5 Å². The molecule has 0 radical (unpaired) electrons. The van der Waals surface area contributed by atoms with Gasteiger partial charge in [0.05, 0.1) is 12.0 Å². The number of carbonyl (C=O) groups is 2. The third kappa shape index (κ3) is 8.26. The van der Waals surface area contributed by atoms with Gasteiger partial charge in [-0.25, -0.2) is 4.39 Å². The first kappa shape index (κ1) is 29.1. The first-order chi connectivity index (χ1) is 18.5. The maximum atomic E-state index is 14.7. The van der Waals surface area contributed by atoms with Crippen molar-refractivity contribution >= 4 is 17.5 Å². The number of nitro benzene ring substituents is 1. The number of nitrogens with one attached hydrogen (secondary N) is 1. The molecule has 2 amide bonds. The Labute approximate surface area is 226 Å². The van der Waals surface area contributed by atoms with Crippen LogP contribution < -0.4 is 14.8 Å². The summed E-state index contributed by atoms with van der Waals surface area (Å²) >= 11 is 0. The molecule has 10 heteroatoms. The summed E-state index contributed by atoms with van der Waals surface area (Å²) in [5, 5.41) is 14.1. The normalized spacial score (nSPS) is 11.8. The lowest BCUT2D eigenvalue weighted by Gasteiger charge is -2.33. The summed E-state index contributed by atoms with van der Waals surface area (Å²) in [4.78, 5) is 39.0. The van der Waals surface area contributed by atoms with Gasteiger partial charge in [0.1, 0.15) is 17.6 Å². The molecule has 0 aromatic heterocycles. The zero-order chi connectivity index (χ0) is 28.6. The van der Waals surface area contributed by atoms with E-state index >= 15 is 0 Å².